The molecular weight excluding hydrogens is 405 g/mol. The van der Waals surface area contributed by atoms with Crippen molar-refractivity contribution in [2.75, 3.05) is 0 Å². The first kappa shape index (κ1) is 20.0. The zero-order valence-electron chi connectivity index (χ0n) is 16.0. The topological polar surface area (TPSA) is 76.3 Å². The summed E-state index contributed by atoms with van der Waals surface area (Å²) in [5, 5.41) is 0.241. The first-order valence-corrected chi connectivity index (χ1v) is 9.90. The van der Waals surface area contributed by atoms with E-state index in [0.717, 1.165) is 0 Å². The van der Waals surface area contributed by atoms with Crippen LogP contribution in [0.3, 0.4) is 0 Å². The average molecular weight is 424 g/mol. The Bertz CT molecular complexity index is 1090. The lowest BCUT2D eigenvalue weighted by Gasteiger charge is -2.36. The van der Waals surface area contributed by atoms with Crippen LogP contribution in [0.4, 0.5) is 4.39 Å². The fraction of sp³-hybridized carbons (Fsp3) is 0.174. The highest BCUT2D eigenvalue weighted by atomic mass is 35.5. The number of nitrogens with zero attached hydrogens (tertiary/aromatic N) is 2. The number of rotatable bonds is 5. The molecule has 1 aromatic heterocycles. The molecule has 2 atom stereocenters. The lowest BCUT2D eigenvalue weighted by molar-refractivity contribution is -0.123. The maximum atomic E-state index is 14.5. The largest absolute Gasteiger partial charge is 0.368 e. The van der Waals surface area contributed by atoms with Gasteiger partial charge < -0.3 is 10.6 Å². The van der Waals surface area contributed by atoms with Gasteiger partial charge in [-0.25, -0.2) is 4.39 Å². The summed E-state index contributed by atoms with van der Waals surface area (Å²) in [6, 6.07) is 13.4. The van der Waals surface area contributed by atoms with E-state index in [1.165, 1.54) is 23.4 Å². The van der Waals surface area contributed by atoms with Crippen LogP contribution in [0, 0.1) is 5.82 Å². The van der Waals surface area contributed by atoms with Gasteiger partial charge in [-0.1, -0.05) is 41.9 Å². The minimum atomic E-state index is -1.02. The molecule has 3 aromatic rings. The number of pyridine rings is 1. The van der Waals surface area contributed by atoms with E-state index < -0.39 is 23.8 Å². The number of hydrogen-bond donors (Lipinski definition) is 1. The highest BCUT2D eigenvalue weighted by Crippen LogP contribution is 2.43. The van der Waals surface area contributed by atoms with Crippen molar-refractivity contribution in [1.82, 2.24) is 9.88 Å². The third kappa shape index (κ3) is 3.66. The van der Waals surface area contributed by atoms with Crippen LogP contribution in [0.25, 0.3) is 0 Å². The Kier molecular flexibility index (Phi) is 5.50. The van der Waals surface area contributed by atoms with E-state index in [1.807, 2.05) is 6.07 Å². The van der Waals surface area contributed by atoms with E-state index in [4.69, 9.17) is 17.3 Å². The fourth-order valence-corrected chi connectivity index (χ4v) is 4.30. The summed E-state index contributed by atoms with van der Waals surface area (Å²) in [6.45, 7) is 0. The molecule has 2 amide bonds. The number of amides is 2. The molecule has 5 nitrogen and oxygen atoms in total. The van der Waals surface area contributed by atoms with Gasteiger partial charge in [-0.15, -0.1) is 0 Å². The Morgan fingerprint density at radius 2 is 1.83 bits per heavy atom. The van der Waals surface area contributed by atoms with Crippen molar-refractivity contribution in [2.24, 2.45) is 5.73 Å². The summed E-state index contributed by atoms with van der Waals surface area (Å²) in [5.74, 6) is -1.46. The van der Waals surface area contributed by atoms with Gasteiger partial charge in [-0.2, -0.15) is 0 Å². The molecule has 0 radical (unpaired) electrons. The van der Waals surface area contributed by atoms with Crippen molar-refractivity contribution in [1.29, 1.82) is 0 Å². The molecule has 30 heavy (non-hydrogen) atoms. The van der Waals surface area contributed by atoms with Crippen molar-refractivity contribution < 1.29 is 14.0 Å². The highest BCUT2D eigenvalue weighted by molar-refractivity contribution is 6.30. The Morgan fingerprint density at radius 1 is 1.13 bits per heavy atom. The number of fused-ring (bicyclic) bond motifs is 1. The van der Waals surface area contributed by atoms with Crippen LogP contribution in [0.5, 0.6) is 0 Å². The molecule has 1 heterocycles. The van der Waals surface area contributed by atoms with Gasteiger partial charge in [0.05, 0.1) is 6.04 Å². The van der Waals surface area contributed by atoms with E-state index >= 15 is 0 Å². The second kappa shape index (κ2) is 8.24. The summed E-state index contributed by atoms with van der Waals surface area (Å²) < 4.78 is 14.5. The maximum absolute atomic E-state index is 14.5. The molecule has 0 unspecified atom stereocenters. The second-order valence-corrected chi connectivity index (χ2v) is 7.61. The molecule has 0 saturated heterocycles. The molecule has 0 aliphatic heterocycles. The number of primary amides is 1. The van der Waals surface area contributed by atoms with Crippen LogP contribution >= 0.6 is 11.6 Å². The first-order chi connectivity index (χ1) is 14.5. The standard InChI is InChI=1S/C23H19ClFN3O2/c24-16-12-18-17(19(25)13-16)6-7-20(18)28(23(30)15-8-10-27-11-9-15)21(22(26)29)14-4-2-1-3-5-14/h1-5,8-13,20-21H,6-7H2,(H2,26,29)/t20-,21-/m1/s1. The first-order valence-electron chi connectivity index (χ1n) is 9.52. The van der Waals surface area contributed by atoms with Crippen LogP contribution in [-0.4, -0.2) is 21.7 Å². The predicted molar refractivity (Wildman–Crippen MR) is 111 cm³/mol. The second-order valence-electron chi connectivity index (χ2n) is 7.17. The van der Waals surface area contributed by atoms with Crippen molar-refractivity contribution in [2.45, 2.75) is 24.9 Å². The summed E-state index contributed by atoms with van der Waals surface area (Å²) in [7, 11) is 0. The molecule has 152 valence electrons. The zero-order valence-corrected chi connectivity index (χ0v) is 16.7. The number of aromatic nitrogens is 1. The molecular formula is C23H19ClFN3O2. The third-order valence-electron chi connectivity index (χ3n) is 5.38. The number of hydrogen-bond acceptors (Lipinski definition) is 3. The van der Waals surface area contributed by atoms with Gasteiger partial charge >= 0.3 is 0 Å². The van der Waals surface area contributed by atoms with E-state index in [1.54, 1.807) is 42.5 Å². The summed E-state index contributed by atoms with van der Waals surface area (Å²) in [4.78, 5) is 31.6. The van der Waals surface area contributed by atoms with Crippen molar-refractivity contribution in [3.05, 3.63) is 100 Å². The summed E-state index contributed by atoms with van der Waals surface area (Å²) >= 11 is 6.11. The third-order valence-corrected chi connectivity index (χ3v) is 5.60. The van der Waals surface area contributed by atoms with Gasteiger partial charge in [0.2, 0.25) is 5.91 Å². The lowest BCUT2D eigenvalue weighted by Crippen LogP contribution is -2.43. The van der Waals surface area contributed by atoms with Crippen molar-refractivity contribution in [3.63, 3.8) is 0 Å². The van der Waals surface area contributed by atoms with Gasteiger partial charge in [0, 0.05) is 23.0 Å². The van der Waals surface area contributed by atoms with E-state index in [9.17, 15) is 14.0 Å². The monoisotopic (exact) mass is 423 g/mol. The van der Waals surface area contributed by atoms with Crippen LogP contribution in [-0.2, 0) is 11.2 Å². The predicted octanol–water partition coefficient (Wildman–Crippen LogP) is 4.23. The lowest BCUT2D eigenvalue weighted by atomic mass is 9.98. The molecule has 2 aromatic carbocycles. The normalized spacial score (nSPS) is 16.0. The SMILES string of the molecule is NC(=O)[C@@H](c1ccccc1)N(C(=O)c1ccncc1)[C@@H]1CCc2c(F)cc(Cl)cc21. The Hall–Kier alpha value is -3.25. The minimum absolute atomic E-state index is 0.241. The molecule has 0 fully saturated rings. The van der Waals surface area contributed by atoms with Gasteiger partial charge in [0.25, 0.3) is 5.91 Å². The van der Waals surface area contributed by atoms with Gasteiger partial charge in [-0.05, 0) is 53.8 Å². The van der Waals surface area contributed by atoms with Crippen LogP contribution in [0.15, 0.2) is 67.0 Å². The Morgan fingerprint density at radius 3 is 2.50 bits per heavy atom. The van der Waals surface area contributed by atoms with E-state index in [-0.39, 0.29) is 10.9 Å². The van der Waals surface area contributed by atoms with E-state index in [0.29, 0.717) is 35.1 Å². The molecule has 1 aliphatic rings. The molecule has 7 heteroatoms. The average Bonchev–Trinajstić information content (AvgIpc) is 3.16. The number of carbonyl (C=O) groups is 2. The molecule has 4 rings (SSSR count). The number of benzene rings is 2. The summed E-state index contributed by atoms with van der Waals surface area (Å²) in [5.41, 5.74) is 7.85. The van der Waals surface area contributed by atoms with Crippen molar-refractivity contribution >= 4 is 23.4 Å². The molecule has 0 bridgehead atoms. The smallest absolute Gasteiger partial charge is 0.255 e. The fourth-order valence-electron chi connectivity index (χ4n) is 4.09. The molecule has 0 spiro atoms. The number of carbonyl (C=O) groups excluding carboxylic acids is 2. The summed E-state index contributed by atoms with van der Waals surface area (Å²) in [6.07, 6.45) is 3.90. The molecule has 1 aliphatic carbocycles. The number of halogens is 2. The van der Waals surface area contributed by atoms with Crippen molar-refractivity contribution in [3.8, 4) is 0 Å². The number of nitrogens with two attached hydrogens (primary N) is 1. The maximum Gasteiger partial charge on any atom is 0.255 e. The Balaban J connectivity index is 1.88. The van der Waals surface area contributed by atoms with E-state index in [2.05, 4.69) is 4.98 Å². The van der Waals surface area contributed by atoms with Gasteiger partial charge in [-0.3, -0.25) is 14.6 Å². The molecule has 2 N–H and O–H groups in total. The Labute approximate surface area is 178 Å². The quantitative estimate of drug-likeness (QED) is 0.667. The van der Waals surface area contributed by atoms with Crippen LogP contribution < -0.4 is 5.73 Å². The van der Waals surface area contributed by atoms with Crippen LogP contribution in [0.1, 0.15) is 45.6 Å². The highest BCUT2D eigenvalue weighted by Gasteiger charge is 2.40. The minimum Gasteiger partial charge on any atom is -0.368 e. The van der Waals surface area contributed by atoms with Gasteiger partial charge in [0.1, 0.15) is 11.9 Å². The molecule has 0 saturated carbocycles. The van der Waals surface area contributed by atoms with Crippen LogP contribution in [0.2, 0.25) is 5.02 Å². The van der Waals surface area contributed by atoms with Gasteiger partial charge in [0.15, 0.2) is 0 Å². The zero-order chi connectivity index (χ0) is 21.3.